The number of nitrogens with zero attached hydrogens (tertiary/aromatic N) is 2. The summed E-state index contributed by atoms with van der Waals surface area (Å²) in [6.07, 6.45) is 1.39. The van der Waals surface area contributed by atoms with Gasteiger partial charge in [-0.05, 0) is 68.6 Å². The number of hydrogen-bond acceptors (Lipinski definition) is 6. The monoisotopic (exact) mass is 523 g/mol. The van der Waals surface area contributed by atoms with Crippen LogP contribution in [-0.4, -0.2) is 24.5 Å². The molecular weight excluding hydrogens is 510 g/mol. The van der Waals surface area contributed by atoms with Crippen LogP contribution in [0, 0.1) is 21.4 Å². The molecule has 2 rings (SSSR count). The first kappa shape index (κ1) is 22.4. The minimum absolute atomic E-state index is 0.0851. The van der Waals surface area contributed by atoms with Gasteiger partial charge in [-0.15, -0.1) is 0 Å². The third-order valence-electron chi connectivity index (χ3n) is 3.63. The smallest absolute Gasteiger partial charge is 0.271 e. The van der Waals surface area contributed by atoms with Gasteiger partial charge in [0.25, 0.3) is 11.6 Å². The number of carbonyl (C=O) groups is 1. The molecule has 1 N–H and O–H groups in total. The van der Waals surface area contributed by atoms with E-state index < -0.39 is 10.8 Å². The number of amides is 1. The molecule has 8 nitrogen and oxygen atoms in total. The van der Waals surface area contributed by atoms with E-state index in [1.165, 1.54) is 25.3 Å². The van der Waals surface area contributed by atoms with Gasteiger partial charge in [-0.2, -0.15) is 5.26 Å². The third-order valence-corrected chi connectivity index (χ3v) is 4.81. The van der Waals surface area contributed by atoms with Gasteiger partial charge in [-0.1, -0.05) is 0 Å². The Kier molecular flexibility index (Phi) is 7.75. The number of rotatable bonds is 7. The van der Waals surface area contributed by atoms with E-state index in [0.717, 1.165) is 6.07 Å². The highest BCUT2D eigenvalue weighted by Gasteiger charge is 2.17. The Morgan fingerprint density at radius 2 is 1.97 bits per heavy atom. The van der Waals surface area contributed by atoms with Gasteiger partial charge < -0.3 is 14.8 Å². The van der Waals surface area contributed by atoms with Gasteiger partial charge in [0.05, 0.1) is 33.3 Å². The Morgan fingerprint density at radius 3 is 2.48 bits per heavy atom. The van der Waals surface area contributed by atoms with E-state index >= 15 is 0 Å². The highest BCUT2D eigenvalue weighted by Crippen LogP contribution is 2.35. The number of nitriles is 1. The van der Waals surface area contributed by atoms with Gasteiger partial charge in [-0.3, -0.25) is 14.9 Å². The average Bonchev–Trinajstić information content (AvgIpc) is 2.68. The van der Waals surface area contributed by atoms with Crippen molar-refractivity contribution in [1.82, 2.24) is 0 Å². The molecule has 0 spiro atoms. The van der Waals surface area contributed by atoms with Crippen molar-refractivity contribution in [3.63, 3.8) is 0 Å². The number of nitro benzene ring substituents is 1. The van der Waals surface area contributed by atoms with Gasteiger partial charge in [0.15, 0.2) is 0 Å². The lowest BCUT2D eigenvalue weighted by atomic mass is 10.1. The topological polar surface area (TPSA) is 114 Å². The van der Waals surface area contributed by atoms with Crippen LogP contribution in [-0.2, 0) is 4.79 Å². The highest BCUT2D eigenvalue weighted by molar-refractivity contribution is 9.11. The normalized spacial score (nSPS) is 10.8. The minimum Gasteiger partial charge on any atom is -0.495 e. The molecule has 0 radical (unpaired) electrons. The van der Waals surface area contributed by atoms with E-state index in [1.54, 1.807) is 12.1 Å². The van der Waals surface area contributed by atoms with Gasteiger partial charge >= 0.3 is 0 Å². The summed E-state index contributed by atoms with van der Waals surface area (Å²) in [7, 11) is 1.37. The summed E-state index contributed by atoms with van der Waals surface area (Å²) in [6, 6.07) is 9.02. The number of ether oxygens (including phenoxy) is 2. The van der Waals surface area contributed by atoms with Crippen molar-refractivity contribution in [3.05, 3.63) is 60.5 Å². The predicted molar refractivity (Wildman–Crippen MR) is 115 cm³/mol. The Labute approximate surface area is 183 Å². The molecule has 0 heterocycles. The van der Waals surface area contributed by atoms with E-state index in [-0.39, 0.29) is 22.7 Å². The number of hydrogen-bond donors (Lipinski definition) is 1. The van der Waals surface area contributed by atoms with Crippen LogP contribution in [0.5, 0.6) is 11.5 Å². The zero-order chi connectivity index (χ0) is 21.6. The average molecular weight is 525 g/mol. The summed E-state index contributed by atoms with van der Waals surface area (Å²) in [5.74, 6) is 0.106. The molecule has 0 bridgehead atoms. The summed E-state index contributed by atoms with van der Waals surface area (Å²) in [5, 5.41) is 22.9. The number of halogens is 2. The molecule has 10 heteroatoms. The number of nitrogens with one attached hydrogen (secondary N) is 1. The maximum atomic E-state index is 12.6. The first-order chi connectivity index (χ1) is 13.8. The van der Waals surface area contributed by atoms with E-state index in [4.69, 9.17) is 9.47 Å². The lowest BCUT2D eigenvalue weighted by Crippen LogP contribution is -2.14. The second-order valence-corrected chi connectivity index (χ2v) is 7.22. The van der Waals surface area contributed by atoms with E-state index in [9.17, 15) is 20.2 Å². The Morgan fingerprint density at radius 1 is 1.31 bits per heavy atom. The van der Waals surface area contributed by atoms with Gasteiger partial charge in [0.2, 0.25) is 0 Å². The first-order valence-corrected chi connectivity index (χ1v) is 9.76. The zero-order valence-electron chi connectivity index (χ0n) is 15.4. The minimum atomic E-state index is -0.729. The standard InChI is InChI=1S/C19H15Br2N3O5/c1-3-29-18-14(20)7-11(8-15(18)21)6-12(10-22)19(25)23-16-9-13(24(26)27)4-5-17(16)28-2/h4-9H,3H2,1-2H3,(H,23,25)/b12-6+. The van der Waals surface area contributed by atoms with Crippen molar-refractivity contribution in [2.24, 2.45) is 0 Å². The molecule has 0 aromatic heterocycles. The SMILES string of the molecule is CCOc1c(Br)cc(/C=C(\C#N)C(=O)Nc2cc([N+](=O)[O-])ccc2OC)cc1Br. The van der Waals surface area contributed by atoms with Gasteiger partial charge in [0.1, 0.15) is 23.1 Å². The van der Waals surface area contributed by atoms with Crippen LogP contribution in [0.4, 0.5) is 11.4 Å². The van der Waals surface area contributed by atoms with Crippen LogP contribution < -0.4 is 14.8 Å². The molecule has 29 heavy (non-hydrogen) atoms. The van der Waals surface area contributed by atoms with Crippen LogP contribution in [0.1, 0.15) is 12.5 Å². The molecule has 2 aromatic rings. The van der Waals surface area contributed by atoms with Gasteiger partial charge in [-0.25, -0.2) is 0 Å². The van der Waals surface area contributed by atoms with Crippen LogP contribution in [0.2, 0.25) is 0 Å². The van der Waals surface area contributed by atoms with Crippen LogP contribution in [0.3, 0.4) is 0 Å². The molecule has 0 aliphatic rings. The Bertz CT molecular complexity index is 1010. The molecule has 0 atom stereocenters. The Balaban J connectivity index is 2.36. The number of carbonyl (C=O) groups excluding carboxylic acids is 1. The Hall–Kier alpha value is -2.90. The lowest BCUT2D eigenvalue weighted by molar-refractivity contribution is -0.384. The number of benzene rings is 2. The summed E-state index contributed by atoms with van der Waals surface area (Å²) in [4.78, 5) is 22.9. The zero-order valence-corrected chi connectivity index (χ0v) is 18.5. The summed E-state index contributed by atoms with van der Waals surface area (Å²) < 4.78 is 11.9. The number of anilines is 1. The molecule has 0 fully saturated rings. The maximum absolute atomic E-state index is 12.6. The summed E-state index contributed by atoms with van der Waals surface area (Å²) in [5.41, 5.74) is 0.247. The molecule has 0 unspecified atom stereocenters. The molecule has 0 aliphatic heterocycles. The van der Waals surface area contributed by atoms with Crippen LogP contribution in [0.15, 0.2) is 44.9 Å². The predicted octanol–water partition coefficient (Wildman–Crippen LogP) is 5.07. The van der Waals surface area contributed by atoms with Crippen molar-refractivity contribution in [2.75, 3.05) is 19.0 Å². The molecule has 2 aromatic carbocycles. The molecule has 0 saturated carbocycles. The van der Waals surface area contributed by atoms with Crippen LogP contribution in [0.25, 0.3) is 6.08 Å². The van der Waals surface area contributed by atoms with Crippen molar-refractivity contribution in [3.8, 4) is 17.6 Å². The quantitative estimate of drug-likeness (QED) is 0.234. The summed E-state index contributed by atoms with van der Waals surface area (Å²) >= 11 is 6.79. The molecule has 0 saturated heterocycles. The fourth-order valence-corrected chi connectivity index (χ4v) is 3.81. The summed E-state index contributed by atoms with van der Waals surface area (Å²) in [6.45, 7) is 2.33. The molecule has 0 aliphatic carbocycles. The highest BCUT2D eigenvalue weighted by atomic mass is 79.9. The van der Waals surface area contributed by atoms with Crippen molar-refractivity contribution < 1.29 is 19.2 Å². The van der Waals surface area contributed by atoms with Crippen molar-refractivity contribution in [2.45, 2.75) is 6.92 Å². The second-order valence-electron chi connectivity index (χ2n) is 5.51. The lowest BCUT2D eigenvalue weighted by Gasteiger charge is -2.11. The number of non-ortho nitro benzene ring substituents is 1. The number of methoxy groups -OCH3 is 1. The second kappa shape index (κ2) is 10.0. The van der Waals surface area contributed by atoms with E-state index in [1.807, 2.05) is 13.0 Å². The molecular formula is C19H15Br2N3O5. The fourth-order valence-electron chi connectivity index (χ4n) is 2.36. The third kappa shape index (κ3) is 5.56. The van der Waals surface area contributed by atoms with Crippen molar-refractivity contribution >= 4 is 55.2 Å². The molecule has 150 valence electrons. The van der Waals surface area contributed by atoms with E-state index in [0.29, 0.717) is 26.9 Å². The van der Waals surface area contributed by atoms with Crippen LogP contribution >= 0.6 is 31.9 Å². The van der Waals surface area contributed by atoms with E-state index in [2.05, 4.69) is 37.2 Å². The number of nitro groups is 1. The molecule has 1 amide bonds. The van der Waals surface area contributed by atoms with Crippen molar-refractivity contribution in [1.29, 1.82) is 5.26 Å². The van der Waals surface area contributed by atoms with Gasteiger partial charge in [0, 0.05) is 12.1 Å². The first-order valence-electron chi connectivity index (χ1n) is 8.18. The largest absolute Gasteiger partial charge is 0.495 e. The fraction of sp³-hybridized carbons (Fsp3) is 0.158. The maximum Gasteiger partial charge on any atom is 0.271 e.